The van der Waals surface area contributed by atoms with Crippen LogP contribution in [-0.2, 0) is 11.3 Å². The van der Waals surface area contributed by atoms with Crippen LogP contribution in [0.4, 0.5) is 0 Å². The molecule has 1 aromatic heterocycles. The zero-order valence-electron chi connectivity index (χ0n) is 16.3. The smallest absolute Gasteiger partial charge is 0.268 e. The van der Waals surface area contributed by atoms with Crippen molar-refractivity contribution in [1.82, 2.24) is 10.6 Å². The van der Waals surface area contributed by atoms with Crippen molar-refractivity contribution in [2.75, 3.05) is 7.11 Å². The van der Waals surface area contributed by atoms with Crippen molar-refractivity contribution in [3.63, 3.8) is 0 Å². The average Bonchev–Trinajstić information content (AvgIpc) is 3.25. The van der Waals surface area contributed by atoms with Crippen molar-refractivity contribution in [3.05, 3.63) is 93.3 Å². The van der Waals surface area contributed by atoms with E-state index in [-0.39, 0.29) is 17.5 Å². The third kappa shape index (κ3) is 5.56. The molecule has 0 aliphatic rings. The fraction of sp³-hybridized carbons (Fsp3) is 0.130. The first-order valence-corrected chi connectivity index (χ1v) is 9.98. The van der Waals surface area contributed by atoms with E-state index in [0.717, 1.165) is 21.8 Å². The van der Waals surface area contributed by atoms with E-state index in [1.807, 2.05) is 60.8 Å². The van der Waals surface area contributed by atoms with Crippen molar-refractivity contribution in [3.8, 4) is 5.75 Å². The number of nitrogens with one attached hydrogen (secondary N) is 2. The summed E-state index contributed by atoms with van der Waals surface area (Å²) in [6, 6.07) is 18.5. The number of aryl methyl sites for hydroxylation is 1. The minimum absolute atomic E-state index is 0.203. The molecule has 3 rings (SSSR count). The van der Waals surface area contributed by atoms with Crippen molar-refractivity contribution >= 4 is 29.2 Å². The largest absolute Gasteiger partial charge is 0.497 e. The highest BCUT2D eigenvalue weighted by Crippen LogP contribution is 2.15. The number of hydrogen-bond acceptors (Lipinski definition) is 4. The number of methoxy groups -OCH3 is 1. The molecule has 148 valence electrons. The fourth-order valence-electron chi connectivity index (χ4n) is 2.71. The van der Waals surface area contributed by atoms with E-state index in [2.05, 4.69) is 10.6 Å². The number of thiophene rings is 1. The Morgan fingerprint density at radius 3 is 2.45 bits per heavy atom. The predicted molar refractivity (Wildman–Crippen MR) is 116 cm³/mol. The molecule has 0 saturated carbocycles. The van der Waals surface area contributed by atoms with Gasteiger partial charge in [0, 0.05) is 17.0 Å². The maximum absolute atomic E-state index is 12.8. The van der Waals surface area contributed by atoms with Crippen molar-refractivity contribution in [1.29, 1.82) is 0 Å². The summed E-state index contributed by atoms with van der Waals surface area (Å²) in [6.45, 7) is 2.20. The second-order valence-electron chi connectivity index (χ2n) is 6.37. The van der Waals surface area contributed by atoms with Crippen LogP contribution >= 0.6 is 11.3 Å². The molecule has 29 heavy (non-hydrogen) atoms. The van der Waals surface area contributed by atoms with Crippen LogP contribution in [0.5, 0.6) is 5.75 Å². The maximum atomic E-state index is 12.8. The Bertz CT molecular complexity index is 1010. The number of amides is 2. The second kappa shape index (κ2) is 9.71. The van der Waals surface area contributed by atoms with Crippen LogP contribution < -0.4 is 15.4 Å². The van der Waals surface area contributed by atoms with Gasteiger partial charge < -0.3 is 15.4 Å². The van der Waals surface area contributed by atoms with Gasteiger partial charge in [-0.25, -0.2) is 0 Å². The Hall–Kier alpha value is -3.38. The predicted octanol–water partition coefficient (Wildman–Crippen LogP) is 4.15. The topological polar surface area (TPSA) is 67.4 Å². The molecule has 2 aromatic carbocycles. The molecule has 0 aliphatic heterocycles. The molecule has 0 aliphatic carbocycles. The summed E-state index contributed by atoms with van der Waals surface area (Å²) in [4.78, 5) is 26.4. The van der Waals surface area contributed by atoms with Crippen LogP contribution in [0.15, 0.2) is 71.7 Å². The van der Waals surface area contributed by atoms with E-state index in [0.29, 0.717) is 12.1 Å². The van der Waals surface area contributed by atoms with E-state index in [9.17, 15) is 9.59 Å². The lowest BCUT2D eigenvalue weighted by molar-refractivity contribution is -0.117. The molecule has 2 N–H and O–H groups in total. The quantitative estimate of drug-likeness (QED) is 0.579. The van der Waals surface area contributed by atoms with Gasteiger partial charge in [-0.1, -0.05) is 36.4 Å². The van der Waals surface area contributed by atoms with Gasteiger partial charge in [0.05, 0.1) is 7.11 Å². The monoisotopic (exact) mass is 406 g/mol. The zero-order chi connectivity index (χ0) is 20.6. The van der Waals surface area contributed by atoms with Crippen molar-refractivity contribution < 1.29 is 14.3 Å². The van der Waals surface area contributed by atoms with E-state index in [4.69, 9.17) is 4.74 Å². The Kier molecular flexibility index (Phi) is 6.81. The van der Waals surface area contributed by atoms with Crippen LogP contribution in [0, 0.1) is 6.92 Å². The van der Waals surface area contributed by atoms with Gasteiger partial charge in [-0.3, -0.25) is 9.59 Å². The van der Waals surface area contributed by atoms with E-state index in [1.165, 1.54) is 11.3 Å². The van der Waals surface area contributed by atoms with Crippen molar-refractivity contribution in [2.45, 2.75) is 13.5 Å². The molecular weight excluding hydrogens is 384 g/mol. The number of carbonyl (C=O) groups excluding carboxylic acids is 2. The molecule has 0 radical (unpaired) electrons. The lowest BCUT2D eigenvalue weighted by atomic mass is 10.1. The SMILES string of the molecule is COc1ccc(CNC(=O)/C(=C/c2cccs2)NC(=O)c2ccccc2C)cc1. The standard InChI is InChI=1S/C23H22N2O3S/c1-16-6-3-4-8-20(16)22(26)25-21(14-19-7-5-13-29-19)23(27)24-15-17-9-11-18(28-2)12-10-17/h3-14H,15H2,1-2H3,(H,24,27)(H,25,26)/b21-14-. The fourth-order valence-corrected chi connectivity index (χ4v) is 3.37. The van der Waals surface area contributed by atoms with Gasteiger partial charge in [-0.05, 0) is 53.8 Å². The first-order chi connectivity index (χ1) is 14.1. The van der Waals surface area contributed by atoms with Crippen LogP contribution in [-0.4, -0.2) is 18.9 Å². The molecule has 0 fully saturated rings. The molecule has 6 heteroatoms. The van der Waals surface area contributed by atoms with Crippen LogP contribution in [0.3, 0.4) is 0 Å². The molecule has 0 atom stereocenters. The third-order valence-corrected chi connectivity index (χ3v) is 5.14. The van der Waals surface area contributed by atoms with E-state index < -0.39 is 0 Å². The van der Waals surface area contributed by atoms with Gasteiger partial charge in [-0.2, -0.15) is 0 Å². The third-order valence-electron chi connectivity index (χ3n) is 4.32. The summed E-state index contributed by atoms with van der Waals surface area (Å²) >= 11 is 1.49. The minimum Gasteiger partial charge on any atom is -0.497 e. The lowest BCUT2D eigenvalue weighted by Crippen LogP contribution is -2.34. The molecule has 0 unspecified atom stereocenters. The Balaban J connectivity index is 1.75. The summed E-state index contributed by atoms with van der Waals surface area (Å²) < 4.78 is 5.14. The number of hydrogen-bond donors (Lipinski definition) is 2. The molecule has 0 spiro atoms. The average molecular weight is 407 g/mol. The molecule has 2 amide bonds. The first-order valence-electron chi connectivity index (χ1n) is 9.10. The Morgan fingerprint density at radius 2 is 1.79 bits per heavy atom. The number of carbonyl (C=O) groups is 2. The van der Waals surface area contributed by atoms with Gasteiger partial charge in [0.25, 0.3) is 11.8 Å². The van der Waals surface area contributed by atoms with Gasteiger partial charge in [-0.15, -0.1) is 11.3 Å². The van der Waals surface area contributed by atoms with Gasteiger partial charge in [0.1, 0.15) is 11.4 Å². The van der Waals surface area contributed by atoms with Crippen LogP contribution in [0.25, 0.3) is 6.08 Å². The summed E-state index contributed by atoms with van der Waals surface area (Å²) in [6.07, 6.45) is 1.68. The molecular formula is C23H22N2O3S. The lowest BCUT2D eigenvalue weighted by Gasteiger charge is -2.12. The van der Waals surface area contributed by atoms with Crippen LogP contribution in [0.1, 0.15) is 26.4 Å². The molecule has 1 heterocycles. The number of benzene rings is 2. The highest BCUT2D eigenvalue weighted by Gasteiger charge is 2.16. The van der Waals surface area contributed by atoms with E-state index in [1.54, 1.807) is 25.3 Å². The second-order valence-corrected chi connectivity index (χ2v) is 7.35. The highest BCUT2D eigenvalue weighted by molar-refractivity contribution is 7.10. The summed E-state index contributed by atoms with van der Waals surface area (Å²) in [5, 5.41) is 7.54. The summed E-state index contributed by atoms with van der Waals surface area (Å²) in [7, 11) is 1.61. The molecule has 5 nitrogen and oxygen atoms in total. The molecule has 0 bridgehead atoms. The highest BCUT2D eigenvalue weighted by atomic mass is 32.1. The van der Waals surface area contributed by atoms with Crippen molar-refractivity contribution in [2.24, 2.45) is 0 Å². The number of ether oxygens (including phenoxy) is 1. The van der Waals surface area contributed by atoms with Gasteiger partial charge in [0.15, 0.2) is 0 Å². The molecule has 3 aromatic rings. The van der Waals surface area contributed by atoms with E-state index >= 15 is 0 Å². The first kappa shape index (κ1) is 20.4. The van der Waals surface area contributed by atoms with Gasteiger partial charge in [0.2, 0.25) is 0 Å². The van der Waals surface area contributed by atoms with Crippen LogP contribution in [0.2, 0.25) is 0 Å². The summed E-state index contributed by atoms with van der Waals surface area (Å²) in [5.74, 6) is 0.0884. The zero-order valence-corrected chi connectivity index (χ0v) is 17.1. The minimum atomic E-state index is -0.351. The summed E-state index contributed by atoms with van der Waals surface area (Å²) in [5.41, 5.74) is 2.51. The van der Waals surface area contributed by atoms with Gasteiger partial charge >= 0.3 is 0 Å². The molecule has 0 saturated heterocycles. The Morgan fingerprint density at radius 1 is 1.03 bits per heavy atom. The Labute approximate surface area is 174 Å². The maximum Gasteiger partial charge on any atom is 0.268 e. The normalized spacial score (nSPS) is 11.0. The number of rotatable bonds is 7.